The molecule has 1 aromatic rings. The summed E-state index contributed by atoms with van der Waals surface area (Å²) in [6.45, 7) is 1.44. The van der Waals surface area contributed by atoms with Gasteiger partial charge >= 0.3 is 0 Å². The maximum absolute atomic E-state index is 5.59. The van der Waals surface area contributed by atoms with Crippen molar-refractivity contribution in [3.8, 4) is 5.75 Å². The number of nitrogens with two attached hydrogens (primary N) is 1. The highest BCUT2D eigenvalue weighted by molar-refractivity contribution is 5.37. The molecule has 0 unspecified atom stereocenters. The summed E-state index contributed by atoms with van der Waals surface area (Å²) < 4.78 is 5.26. The number of methoxy groups -OCH3 is 1. The molecule has 2 N–H and O–H groups in total. The molecule has 14 heavy (non-hydrogen) atoms. The van der Waals surface area contributed by atoms with E-state index in [4.69, 9.17) is 10.5 Å². The van der Waals surface area contributed by atoms with Crippen molar-refractivity contribution < 1.29 is 4.74 Å². The fraction of sp³-hybridized carbons (Fsp3) is 0.455. The summed E-state index contributed by atoms with van der Waals surface area (Å²) in [7, 11) is 5.76. The van der Waals surface area contributed by atoms with E-state index < -0.39 is 0 Å². The first kappa shape index (κ1) is 11.0. The van der Waals surface area contributed by atoms with Crippen molar-refractivity contribution in [3.63, 3.8) is 0 Å². The van der Waals surface area contributed by atoms with Crippen molar-refractivity contribution in [1.82, 2.24) is 4.90 Å². The molecule has 1 aromatic carbocycles. The Morgan fingerprint density at radius 2 is 2.07 bits per heavy atom. The zero-order chi connectivity index (χ0) is 10.6. The van der Waals surface area contributed by atoms with Crippen LogP contribution in [0.25, 0.3) is 0 Å². The van der Waals surface area contributed by atoms with Gasteiger partial charge in [-0.2, -0.15) is 0 Å². The van der Waals surface area contributed by atoms with E-state index in [0.29, 0.717) is 6.54 Å². The number of benzene rings is 1. The van der Waals surface area contributed by atoms with Crippen LogP contribution < -0.4 is 10.5 Å². The van der Waals surface area contributed by atoms with Gasteiger partial charge in [0.05, 0.1) is 7.11 Å². The first-order valence-corrected chi connectivity index (χ1v) is 4.68. The lowest BCUT2D eigenvalue weighted by Gasteiger charge is -2.12. The summed E-state index contributed by atoms with van der Waals surface area (Å²) in [6, 6.07) is 6.16. The summed E-state index contributed by atoms with van der Waals surface area (Å²) in [6.07, 6.45) is 0. The molecule has 78 valence electrons. The topological polar surface area (TPSA) is 38.5 Å². The molecule has 0 fully saturated rings. The van der Waals surface area contributed by atoms with Crippen LogP contribution in [0, 0.1) is 0 Å². The molecular formula is C11H18N2O. The Labute approximate surface area is 85.5 Å². The summed E-state index contributed by atoms with van der Waals surface area (Å²) in [5.41, 5.74) is 7.88. The van der Waals surface area contributed by atoms with Gasteiger partial charge < -0.3 is 15.4 Å². The van der Waals surface area contributed by atoms with E-state index in [1.165, 1.54) is 5.56 Å². The first-order valence-electron chi connectivity index (χ1n) is 4.68. The summed E-state index contributed by atoms with van der Waals surface area (Å²) >= 11 is 0. The molecule has 0 aromatic heterocycles. The van der Waals surface area contributed by atoms with Crippen LogP contribution in [0.3, 0.4) is 0 Å². The quantitative estimate of drug-likeness (QED) is 0.783. The van der Waals surface area contributed by atoms with Gasteiger partial charge in [0.15, 0.2) is 0 Å². The van der Waals surface area contributed by atoms with Gasteiger partial charge in [-0.25, -0.2) is 0 Å². The fourth-order valence-corrected chi connectivity index (χ4v) is 1.42. The molecule has 0 amide bonds. The average molecular weight is 194 g/mol. The lowest BCUT2D eigenvalue weighted by molar-refractivity contribution is 0.393. The normalized spacial score (nSPS) is 10.6. The molecule has 0 spiro atoms. The van der Waals surface area contributed by atoms with Gasteiger partial charge in [0, 0.05) is 18.7 Å². The van der Waals surface area contributed by atoms with Crippen LogP contribution in [-0.2, 0) is 13.1 Å². The molecule has 0 heterocycles. The van der Waals surface area contributed by atoms with Crippen LogP contribution in [-0.4, -0.2) is 26.1 Å². The predicted octanol–water partition coefficient (Wildman–Crippen LogP) is 1.22. The molecule has 0 atom stereocenters. The third kappa shape index (κ3) is 2.72. The molecule has 0 radical (unpaired) electrons. The van der Waals surface area contributed by atoms with Gasteiger partial charge in [0.1, 0.15) is 5.75 Å². The van der Waals surface area contributed by atoms with Gasteiger partial charge in [-0.1, -0.05) is 12.1 Å². The molecule has 0 saturated heterocycles. The lowest BCUT2D eigenvalue weighted by Crippen LogP contribution is -2.11. The van der Waals surface area contributed by atoms with Crippen LogP contribution in [0.5, 0.6) is 5.75 Å². The number of nitrogens with zero attached hydrogens (tertiary/aromatic N) is 1. The highest BCUT2D eigenvalue weighted by Crippen LogP contribution is 2.20. The van der Waals surface area contributed by atoms with Crippen molar-refractivity contribution >= 4 is 0 Å². The van der Waals surface area contributed by atoms with E-state index >= 15 is 0 Å². The standard InChI is InChI=1S/C11H18N2O/c1-13(2)8-9-4-5-10(7-12)11(6-9)14-3/h4-6H,7-8,12H2,1-3H3. The maximum Gasteiger partial charge on any atom is 0.123 e. The number of hydrogen-bond donors (Lipinski definition) is 1. The Kier molecular flexibility index (Phi) is 3.92. The van der Waals surface area contributed by atoms with Gasteiger partial charge in [-0.15, -0.1) is 0 Å². The second-order valence-electron chi connectivity index (χ2n) is 3.59. The SMILES string of the molecule is COc1cc(CN(C)C)ccc1CN. The van der Waals surface area contributed by atoms with Crippen molar-refractivity contribution in [2.24, 2.45) is 5.73 Å². The van der Waals surface area contributed by atoms with Crippen molar-refractivity contribution in [3.05, 3.63) is 29.3 Å². The summed E-state index contributed by atoms with van der Waals surface area (Å²) in [4.78, 5) is 2.12. The molecule has 0 aliphatic rings. The zero-order valence-electron chi connectivity index (χ0n) is 9.08. The monoisotopic (exact) mass is 194 g/mol. The molecule has 3 heteroatoms. The molecule has 0 saturated carbocycles. The van der Waals surface area contributed by atoms with Crippen molar-refractivity contribution in [1.29, 1.82) is 0 Å². The van der Waals surface area contributed by atoms with Crippen LogP contribution in [0.15, 0.2) is 18.2 Å². The fourth-order valence-electron chi connectivity index (χ4n) is 1.42. The molecule has 0 aliphatic carbocycles. The smallest absolute Gasteiger partial charge is 0.123 e. The number of hydrogen-bond acceptors (Lipinski definition) is 3. The second kappa shape index (κ2) is 4.98. The van der Waals surface area contributed by atoms with E-state index in [-0.39, 0.29) is 0 Å². The third-order valence-corrected chi connectivity index (χ3v) is 2.07. The molecule has 1 rings (SSSR count). The Balaban J connectivity index is 2.89. The van der Waals surface area contributed by atoms with Crippen LogP contribution in [0.4, 0.5) is 0 Å². The van der Waals surface area contributed by atoms with Gasteiger partial charge in [-0.3, -0.25) is 0 Å². The lowest BCUT2D eigenvalue weighted by atomic mass is 10.1. The minimum absolute atomic E-state index is 0.519. The molecular weight excluding hydrogens is 176 g/mol. The highest BCUT2D eigenvalue weighted by atomic mass is 16.5. The summed E-state index contributed by atoms with van der Waals surface area (Å²) in [5.74, 6) is 0.881. The van der Waals surface area contributed by atoms with Crippen LogP contribution in [0.1, 0.15) is 11.1 Å². The molecule has 3 nitrogen and oxygen atoms in total. The largest absolute Gasteiger partial charge is 0.496 e. The second-order valence-corrected chi connectivity index (χ2v) is 3.59. The average Bonchev–Trinajstić information content (AvgIpc) is 2.16. The van der Waals surface area contributed by atoms with Crippen molar-refractivity contribution in [2.45, 2.75) is 13.1 Å². The minimum atomic E-state index is 0.519. The van der Waals surface area contributed by atoms with E-state index in [1.54, 1.807) is 7.11 Å². The Morgan fingerprint density at radius 1 is 1.36 bits per heavy atom. The van der Waals surface area contributed by atoms with Crippen LogP contribution in [0.2, 0.25) is 0 Å². The zero-order valence-corrected chi connectivity index (χ0v) is 9.08. The van der Waals surface area contributed by atoms with E-state index in [1.807, 2.05) is 26.2 Å². The first-order chi connectivity index (χ1) is 6.67. The molecule has 0 aliphatic heterocycles. The van der Waals surface area contributed by atoms with Crippen molar-refractivity contribution in [2.75, 3.05) is 21.2 Å². The predicted molar refractivity (Wildman–Crippen MR) is 58.3 cm³/mol. The van der Waals surface area contributed by atoms with E-state index in [2.05, 4.69) is 11.0 Å². The Bertz CT molecular complexity index is 297. The van der Waals surface area contributed by atoms with Gasteiger partial charge in [-0.05, 0) is 25.7 Å². The maximum atomic E-state index is 5.59. The third-order valence-electron chi connectivity index (χ3n) is 2.07. The number of rotatable bonds is 4. The molecule has 0 bridgehead atoms. The van der Waals surface area contributed by atoms with Crippen LogP contribution >= 0.6 is 0 Å². The summed E-state index contributed by atoms with van der Waals surface area (Å²) in [5, 5.41) is 0. The minimum Gasteiger partial charge on any atom is -0.496 e. The van der Waals surface area contributed by atoms with Gasteiger partial charge in [0.25, 0.3) is 0 Å². The van der Waals surface area contributed by atoms with E-state index in [9.17, 15) is 0 Å². The van der Waals surface area contributed by atoms with E-state index in [0.717, 1.165) is 17.9 Å². The highest BCUT2D eigenvalue weighted by Gasteiger charge is 2.03. The van der Waals surface area contributed by atoms with Gasteiger partial charge in [0.2, 0.25) is 0 Å². The Hall–Kier alpha value is -1.06. The Morgan fingerprint density at radius 3 is 2.57 bits per heavy atom. The number of ether oxygens (including phenoxy) is 1.